The molecule has 23 heavy (non-hydrogen) atoms. The number of rotatable bonds is 7. The molecule has 0 saturated heterocycles. The molecule has 0 bridgehead atoms. The van der Waals surface area contributed by atoms with Crippen molar-refractivity contribution in [1.29, 1.82) is 0 Å². The summed E-state index contributed by atoms with van der Waals surface area (Å²) in [5, 5.41) is 7.67. The van der Waals surface area contributed by atoms with Crippen LogP contribution >= 0.6 is 22.7 Å². The number of hydrogen-bond donors (Lipinski definition) is 1. The van der Waals surface area contributed by atoms with E-state index in [2.05, 4.69) is 10.3 Å². The van der Waals surface area contributed by atoms with E-state index in [9.17, 15) is 4.79 Å². The predicted molar refractivity (Wildman–Crippen MR) is 95.2 cm³/mol. The summed E-state index contributed by atoms with van der Waals surface area (Å²) in [5.41, 5.74) is 0.506. The van der Waals surface area contributed by atoms with Gasteiger partial charge in [0.15, 0.2) is 0 Å². The summed E-state index contributed by atoms with van der Waals surface area (Å²) in [4.78, 5) is 17.6. The lowest BCUT2D eigenvalue weighted by Gasteiger charge is -2.21. The zero-order valence-corrected chi connectivity index (χ0v) is 14.8. The molecule has 1 amide bonds. The molecule has 1 fully saturated rings. The molecule has 3 rings (SSSR count). The molecule has 1 saturated carbocycles. The number of thiophene rings is 1. The van der Waals surface area contributed by atoms with Crippen molar-refractivity contribution in [2.75, 3.05) is 13.2 Å². The van der Waals surface area contributed by atoms with E-state index >= 15 is 0 Å². The number of carbonyl (C=O) groups is 1. The van der Waals surface area contributed by atoms with E-state index in [0.717, 1.165) is 22.9 Å². The first-order valence-corrected chi connectivity index (χ1v) is 9.98. The van der Waals surface area contributed by atoms with Gasteiger partial charge < -0.3 is 10.1 Å². The van der Waals surface area contributed by atoms with E-state index in [1.54, 1.807) is 11.3 Å². The van der Waals surface area contributed by atoms with E-state index in [-0.39, 0.29) is 5.91 Å². The minimum absolute atomic E-state index is 0.0956. The molecule has 1 aliphatic carbocycles. The van der Waals surface area contributed by atoms with Crippen molar-refractivity contribution in [3.63, 3.8) is 0 Å². The van der Waals surface area contributed by atoms with E-state index in [4.69, 9.17) is 4.74 Å². The van der Waals surface area contributed by atoms with Crippen molar-refractivity contribution < 1.29 is 9.53 Å². The van der Waals surface area contributed by atoms with E-state index in [1.807, 2.05) is 22.9 Å². The van der Waals surface area contributed by atoms with Crippen LogP contribution in [0.2, 0.25) is 0 Å². The molecule has 2 aromatic rings. The summed E-state index contributed by atoms with van der Waals surface area (Å²) >= 11 is 3.15. The molecule has 0 aliphatic heterocycles. The number of nitrogens with one attached hydrogen (secondary N) is 1. The zero-order chi connectivity index (χ0) is 15.9. The van der Waals surface area contributed by atoms with Crippen LogP contribution in [0, 0.1) is 0 Å². The molecule has 0 radical (unpaired) electrons. The maximum Gasteiger partial charge on any atom is 0.270 e. The first-order chi connectivity index (χ1) is 11.3. The Bertz CT molecular complexity index is 604. The van der Waals surface area contributed by atoms with Gasteiger partial charge in [-0.15, -0.1) is 22.7 Å². The van der Waals surface area contributed by atoms with E-state index < -0.39 is 0 Å². The third-order valence-electron chi connectivity index (χ3n) is 3.98. The molecule has 4 nitrogen and oxygen atoms in total. The van der Waals surface area contributed by atoms with E-state index in [1.165, 1.54) is 43.4 Å². The number of nitrogens with zero attached hydrogens (tertiary/aromatic N) is 1. The Morgan fingerprint density at radius 3 is 2.96 bits per heavy atom. The van der Waals surface area contributed by atoms with Gasteiger partial charge in [-0.2, -0.15) is 0 Å². The summed E-state index contributed by atoms with van der Waals surface area (Å²) < 4.78 is 5.86. The Balaban J connectivity index is 1.36. The van der Waals surface area contributed by atoms with Gasteiger partial charge in [-0.1, -0.05) is 25.3 Å². The molecule has 6 heteroatoms. The van der Waals surface area contributed by atoms with Crippen molar-refractivity contribution >= 4 is 28.6 Å². The van der Waals surface area contributed by atoms with Crippen molar-refractivity contribution in [1.82, 2.24) is 10.3 Å². The van der Waals surface area contributed by atoms with Gasteiger partial charge in [0.2, 0.25) is 0 Å². The number of ether oxygens (including phenoxy) is 1. The van der Waals surface area contributed by atoms with Crippen molar-refractivity contribution in [3.8, 4) is 9.88 Å². The van der Waals surface area contributed by atoms with Crippen molar-refractivity contribution in [2.24, 2.45) is 0 Å². The average molecular weight is 351 g/mol. The minimum Gasteiger partial charge on any atom is -0.378 e. The van der Waals surface area contributed by atoms with Crippen LogP contribution in [0.5, 0.6) is 0 Å². The second-order valence-corrected chi connectivity index (χ2v) is 7.56. The molecule has 1 aliphatic rings. The highest BCUT2D eigenvalue weighted by Gasteiger charge is 2.14. The lowest BCUT2D eigenvalue weighted by atomic mass is 9.98. The van der Waals surface area contributed by atoms with Gasteiger partial charge >= 0.3 is 0 Å². The Morgan fingerprint density at radius 2 is 2.17 bits per heavy atom. The van der Waals surface area contributed by atoms with E-state index in [0.29, 0.717) is 18.3 Å². The average Bonchev–Trinajstić information content (AvgIpc) is 3.26. The monoisotopic (exact) mass is 350 g/mol. The number of amides is 1. The highest BCUT2D eigenvalue weighted by molar-refractivity contribution is 7.20. The van der Waals surface area contributed by atoms with Crippen LogP contribution in [0.4, 0.5) is 0 Å². The molecule has 2 heterocycles. The molecular weight excluding hydrogens is 328 g/mol. The first kappa shape index (κ1) is 16.6. The lowest BCUT2D eigenvalue weighted by Crippen LogP contribution is -2.26. The van der Waals surface area contributed by atoms with Crippen LogP contribution < -0.4 is 5.32 Å². The number of thiazole rings is 1. The Morgan fingerprint density at radius 1 is 1.30 bits per heavy atom. The summed E-state index contributed by atoms with van der Waals surface area (Å²) in [5.74, 6) is -0.0956. The highest BCUT2D eigenvalue weighted by atomic mass is 32.1. The topological polar surface area (TPSA) is 51.2 Å². The predicted octanol–water partition coefficient (Wildman–Crippen LogP) is 4.34. The number of hydrogen-bond acceptors (Lipinski definition) is 5. The maximum atomic E-state index is 12.1. The summed E-state index contributed by atoms with van der Waals surface area (Å²) in [6.07, 6.45) is 7.59. The molecule has 0 unspecified atom stereocenters. The van der Waals surface area contributed by atoms with Crippen LogP contribution in [-0.2, 0) is 4.74 Å². The Kier molecular flexibility index (Phi) is 6.19. The normalized spacial score (nSPS) is 15.7. The van der Waals surface area contributed by atoms with Crippen LogP contribution in [0.1, 0.15) is 49.0 Å². The molecule has 0 atom stereocenters. The second-order valence-electron chi connectivity index (χ2n) is 5.76. The van der Waals surface area contributed by atoms with Crippen molar-refractivity contribution in [2.45, 2.75) is 44.6 Å². The number of aromatic nitrogens is 1. The molecule has 1 N–H and O–H groups in total. The highest BCUT2D eigenvalue weighted by Crippen LogP contribution is 2.27. The van der Waals surface area contributed by atoms with Gasteiger partial charge in [-0.05, 0) is 30.7 Å². The first-order valence-electron chi connectivity index (χ1n) is 8.22. The smallest absolute Gasteiger partial charge is 0.270 e. The third-order valence-corrected chi connectivity index (χ3v) is 5.86. The minimum atomic E-state index is -0.0956. The van der Waals surface area contributed by atoms with Crippen LogP contribution in [0.25, 0.3) is 9.88 Å². The molecule has 0 aromatic carbocycles. The van der Waals surface area contributed by atoms with Gasteiger partial charge in [-0.25, -0.2) is 4.98 Å². The molecule has 0 spiro atoms. The van der Waals surface area contributed by atoms with Gasteiger partial charge in [-0.3, -0.25) is 4.79 Å². The summed E-state index contributed by atoms with van der Waals surface area (Å²) in [6.45, 7) is 1.36. The standard InChI is InChI=1S/C17H22N2O2S2/c20-16(14-12-23-17(19-14)15-8-4-11-22-15)18-9-5-10-21-13-6-2-1-3-7-13/h4,8,11-13H,1-3,5-7,9-10H2,(H,18,20). The van der Waals surface area contributed by atoms with Crippen molar-refractivity contribution in [3.05, 3.63) is 28.6 Å². The summed E-state index contributed by atoms with van der Waals surface area (Å²) in [6, 6.07) is 4.02. The van der Waals surface area contributed by atoms with Crippen LogP contribution in [-0.4, -0.2) is 30.1 Å². The van der Waals surface area contributed by atoms with Gasteiger partial charge in [0.05, 0.1) is 11.0 Å². The molecule has 124 valence electrons. The fourth-order valence-corrected chi connectivity index (χ4v) is 4.35. The fraction of sp³-hybridized carbons (Fsp3) is 0.529. The SMILES string of the molecule is O=C(NCCCOC1CCCCC1)c1csc(-c2cccs2)n1. The Labute approximate surface area is 144 Å². The second kappa shape index (κ2) is 8.57. The summed E-state index contributed by atoms with van der Waals surface area (Å²) in [7, 11) is 0. The lowest BCUT2D eigenvalue weighted by molar-refractivity contribution is 0.0273. The van der Waals surface area contributed by atoms with Gasteiger partial charge in [0, 0.05) is 18.5 Å². The van der Waals surface area contributed by atoms with Crippen LogP contribution in [0.15, 0.2) is 22.9 Å². The van der Waals surface area contributed by atoms with Gasteiger partial charge in [0.1, 0.15) is 10.7 Å². The molecule has 2 aromatic heterocycles. The van der Waals surface area contributed by atoms with Gasteiger partial charge in [0.25, 0.3) is 5.91 Å². The third kappa shape index (κ3) is 4.86. The molecular formula is C17H22N2O2S2. The Hall–Kier alpha value is -1.24. The largest absolute Gasteiger partial charge is 0.378 e. The zero-order valence-electron chi connectivity index (χ0n) is 13.1. The maximum absolute atomic E-state index is 12.1. The number of carbonyl (C=O) groups excluding carboxylic acids is 1. The quantitative estimate of drug-likeness (QED) is 0.756. The fourth-order valence-electron chi connectivity index (χ4n) is 2.74. The van der Waals surface area contributed by atoms with Crippen LogP contribution in [0.3, 0.4) is 0 Å².